The van der Waals surface area contributed by atoms with Crippen molar-refractivity contribution in [1.82, 2.24) is 14.8 Å². The molecule has 2 heterocycles. The Balaban J connectivity index is 2.10. The number of fused-ring (bicyclic) bond motifs is 1. The maximum Gasteiger partial charge on any atom is 0.273 e. The van der Waals surface area contributed by atoms with Crippen LogP contribution in [-0.2, 0) is 11.5 Å². The second-order valence-electron chi connectivity index (χ2n) is 6.09. The molecule has 104 valence electrons. The number of aromatic amines is 1. The molecule has 0 unspecified atom stereocenters. The number of aryl methyl sites for hydroxylation is 1. The molecule has 5 nitrogen and oxygen atoms in total. The van der Waals surface area contributed by atoms with E-state index in [0.29, 0.717) is 12.1 Å². The lowest BCUT2D eigenvalue weighted by molar-refractivity contribution is 0.0901. The maximum atomic E-state index is 11.7. The molecule has 0 spiro atoms. The molecule has 1 N–H and O–H groups in total. The zero-order valence-electron chi connectivity index (χ0n) is 12.0. The van der Waals surface area contributed by atoms with E-state index >= 15 is 0 Å². The van der Waals surface area contributed by atoms with Crippen LogP contribution in [0.15, 0.2) is 17.2 Å². The quantitative estimate of drug-likeness (QED) is 0.675. The van der Waals surface area contributed by atoms with Gasteiger partial charge in [-0.15, -0.1) is 0 Å². The number of hydrogen-bond donors (Lipinski definition) is 1. The minimum Gasteiger partial charge on any atom is -0.361 e. The summed E-state index contributed by atoms with van der Waals surface area (Å²) in [6, 6.07) is 1.14. The summed E-state index contributed by atoms with van der Waals surface area (Å²) in [5.41, 5.74) is 1.64. The lowest BCUT2D eigenvalue weighted by Crippen LogP contribution is -2.22. The molecule has 0 radical (unpaired) electrons. The molecule has 0 aliphatic carbocycles. The molecule has 0 aliphatic heterocycles. The summed E-state index contributed by atoms with van der Waals surface area (Å²) in [7, 11) is -1.05. The predicted octanol–water partition coefficient (Wildman–Crippen LogP) is 2.35. The number of rotatable bonds is 5. The van der Waals surface area contributed by atoms with Crippen molar-refractivity contribution in [2.45, 2.75) is 39.3 Å². The van der Waals surface area contributed by atoms with E-state index in [0.717, 1.165) is 23.7 Å². The molecule has 0 atom stereocenters. The van der Waals surface area contributed by atoms with Gasteiger partial charge in [-0.1, -0.05) is 19.6 Å². The van der Waals surface area contributed by atoms with Gasteiger partial charge in [0.05, 0.1) is 17.1 Å². The highest BCUT2D eigenvalue weighted by Crippen LogP contribution is 2.16. The third-order valence-electron chi connectivity index (χ3n) is 3.12. The van der Waals surface area contributed by atoms with E-state index in [-0.39, 0.29) is 5.56 Å². The Labute approximate surface area is 113 Å². The van der Waals surface area contributed by atoms with Gasteiger partial charge in [-0.2, -0.15) is 5.10 Å². The molecule has 0 aliphatic rings. The van der Waals surface area contributed by atoms with Gasteiger partial charge in [-0.05, 0) is 18.5 Å². The fourth-order valence-electron chi connectivity index (χ4n) is 2.00. The van der Waals surface area contributed by atoms with Crippen LogP contribution in [-0.4, -0.2) is 29.4 Å². The summed E-state index contributed by atoms with van der Waals surface area (Å²) in [5, 5.41) is 7.01. The van der Waals surface area contributed by atoms with E-state index in [9.17, 15) is 4.79 Å². The van der Waals surface area contributed by atoms with Crippen LogP contribution in [0.1, 0.15) is 5.56 Å². The van der Waals surface area contributed by atoms with Crippen molar-refractivity contribution in [3.8, 4) is 0 Å². The highest BCUT2D eigenvalue weighted by molar-refractivity contribution is 6.76. The Morgan fingerprint density at radius 3 is 2.84 bits per heavy atom. The molecule has 19 heavy (non-hydrogen) atoms. The van der Waals surface area contributed by atoms with Gasteiger partial charge in [0.15, 0.2) is 0 Å². The molecule has 0 aromatic carbocycles. The Morgan fingerprint density at radius 2 is 2.16 bits per heavy atom. The SMILES string of the molecule is Cc1cn(COCC[Si](C)(C)C)c2cn[nH]c(=O)c12. The van der Waals surface area contributed by atoms with Gasteiger partial charge in [0.25, 0.3) is 5.56 Å². The lowest BCUT2D eigenvalue weighted by atomic mass is 10.2. The number of aromatic nitrogens is 3. The third-order valence-corrected chi connectivity index (χ3v) is 4.82. The second kappa shape index (κ2) is 5.30. The lowest BCUT2D eigenvalue weighted by Gasteiger charge is -2.15. The van der Waals surface area contributed by atoms with Gasteiger partial charge in [0.2, 0.25) is 0 Å². The van der Waals surface area contributed by atoms with E-state index in [1.165, 1.54) is 0 Å². The first kappa shape index (κ1) is 14.0. The minimum absolute atomic E-state index is 0.143. The highest BCUT2D eigenvalue weighted by atomic mass is 28.3. The second-order valence-corrected chi connectivity index (χ2v) is 11.7. The average molecular weight is 279 g/mol. The van der Waals surface area contributed by atoms with Crippen LogP contribution in [0.25, 0.3) is 10.9 Å². The largest absolute Gasteiger partial charge is 0.361 e. The van der Waals surface area contributed by atoms with Crippen LogP contribution < -0.4 is 5.56 Å². The summed E-state index contributed by atoms with van der Waals surface area (Å²) in [4.78, 5) is 11.7. The van der Waals surface area contributed by atoms with Crippen LogP contribution in [0, 0.1) is 6.92 Å². The molecule has 0 saturated heterocycles. The Hall–Kier alpha value is -1.40. The maximum absolute atomic E-state index is 11.7. The zero-order valence-corrected chi connectivity index (χ0v) is 13.0. The monoisotopic (exact) mass is 279 g/mol. The molecule has 0 saturated carbocycles. The minimum atomic E-state index is -1.05. The number of ether oxygens (including phenoxy) is 1. The summed E-state index contributed by atoms with van der Waals surface area (Å²) in [5.74, 6) is 0. The molecular weight excluding hydrogens is 258 g/mol. The predicted molar refractivity (Wildman–Crippen MR) is 79.2 cm³/mol. The Morgan fingerprint density at radius 1 is 1.42 bits per heavy atom. The summed E-state index contributed by atoms with van der Waals surface area (Å²) < 4.78 is 7.66. The third kappa shape index (κ3) is 3.33. The molecule has 2 aromatic rings. The molecule has 2 rings (SSSR count). The number of hydrogen-bond acceptors (Lipinski definition) is 3. The van der Waals surface area contributed by atoms with E-state index in [2.05, 4.69) is 29.8 Å². The molecular formula is C13H21N3O2Si. The standard InChI is InChI=1S/C13H21N3O2Si/c1-10-8-16(9-18-5-6-19(2,3)4)11-7-14-15-13(17)12(10)11/h7-8H,5-6,9H2,1-4H3,(H,15,17). The van der Waals surface area contributed by atoms with Crippen molar-refractivity contribution in [2.75, 3.05) is 6.61 Å². The van der Waals surface area contributed by atoms with Gasteiger partial charge in [-0.25, -0.2) is 5.10 Å². The highest BCUT2D eigenvalue weighted by Gasteiger charge is 2.13. The van der Waals surface area contributed by atoms with E-state index in [1.807, 2.05) is 17.7 Å². The summed E-state index contributed by atoms with van der Waals surface area (Å²) in [6.07, 6.45) is 3.61. The Bertz CT molecular complexity index is 625. The Kier molecular flexibility index (Phi) is 3.91. The number of nitrogens with zero attached hydrogens (tertiary/aromatic N) is 2. The van der Waals surface area contributed by atoms with Crippen molar-refractivity contribution in [1.29, 1.82) is 0 Å². The first-order valence-electron chi connectivity index (χ1n) is 6.49. The summed E-state index contributed by atoms with van der Waals surface area (Å²) in [6.45, 7) is 10.2. The smallest absolute Gasteiger partial charge is 0.273 e. The van der Waals surface area contributed by atoms with Crippen molar-refractivity contribution >= 4 is 19.0 Å². The van der Waals surface area contributed by atoms with E-state index in [4.69, 9.17) is 4.74 Å². The van der Waals surface area contributed by atoms with Crippen molar-refractivity contribution in [3.05, 3.63) is 28.3 Å². The van der Waals surface area contributed by atoms with Crippen LogP contribution in [0.3, 0.4) is 0 Å². The zero-order chi connectivity index (χ0) is 14.0. The van der Waals surface area contributed by atoms with Crippen molar-refractivity contribution in [2.24, 2.45) is 0 Å². The first-order valence-corrected chi connectivity index (χ1v) is 10.2. The van der Waals surface area contributed by atoms with Gasteiger partial charge in [0.1, 0.15) is 6.73 Å². The number of H-pyrrole nitrogens is 1. The van der Waals surface area contributed by atoms with Crippen LogP contribution in [0.5, 0.6) is 0 Å². The van der Waals surface area contributed by atoms with E-state index < -0.39 is 8.07 Å². The van der Waals surface area contributed by atoms with Gasteiger partial charge >= 0.3 is 0 Å². The van der Waals surface area contributed by atoms with Crippen LogP contribution >= 0.6 is 0 Å². The first-order chi connectivity index (χ1) is 8.88. The molecule has 6 heteroatoms. The van der Waals surface area contributed by atoms with Gasteiger partial charge in [-0.3, -0.25) is 4.79 Å². The molecule has 0 amide bonds. The van der Waals surface area contributed by atoms with Crippen LogP contribution in [0.4, 0.5) is 0 Å². The molecule has 2 aromatic heterocycles. The van der Waals surface area contributed by atoms with Crippen LogP contribution in [0.2, 0.25) is 25.7 Å². The van der Waals surface area contributed by atoms with Crippen molar-refractivity contribution < 1.29 is 4.74 Å². The summed E-state index contributed by atoms with van der Waals surface area (Å²) >= 11 is 0. The molecule has 0 bridgehead atoms. The number of nitrogens with one attached hydrogen (secondary N) is 1. The van der Waals surface area contributed by atoms with Crippen molar-refractivity contribution in [3.63, 3.8) is 0 Å². The van der Waals surface area contributed by atoms with Gasteiger partial charge in [0, 0.05) is 20.9 Å². The van der Waals surface area contributed by atoms with E-state index in [1.54, 1.807) is 6.20 Å². The molecule has 0 fully saturated rings. The fraction of sp³-hybridized carbons (Fsp3) is 0.538. The average Bonchev–Trinajstić information content (AvgIpc) is 2.62. The fourth-order valence-corrected chi connectivity index (χ4v) is 2.76. The topological polar surface area (TPSA) is 59.9 Å². The van der Waals surface area contributed by atoms with Gasteiger partial charge < -0.3 is 9.30 Å². The normalized spacial score (nSPS) is 12.2.